The summed E-state index contributed by atoms with van der Waals surface area (Å²) in [5, 5.41) is 0. The van der Waals surface area contributed by atoms with Gasteiger partial charge in [-0.15, -0.1) is 0 Å². The number of anilines is 1. The van der Waals surface area contributed by atoms with Crippen LogP contribution in [0.1, 0.15) is 25.0 Å². The van der Waals surface area contributed by atoms with Gasteiger partial charge >= 0.3 is 0 Å². The van der Waals surface area contributed by atoms with E-state index in [0.717, 1.165) is 16.8 Å². The van der Waals surface area contributed by atoms with Gasteiger partial charge < -0.3 is 4.90 Å². The van der Waals surface area contributed by atoms with E-state index >= 15 is 0 Å². The lowest BCUT2D eigenvalue weighted by Gasteiger charge is -2.21. The van der Waals surface area contributed by atoms with Gasteiger partial charge in [-0.05, 0) is 48.2 Å². The highest BCUT2D eigenvalue weighted by atomic mass is 16.2. The van der Waals surface area contributed by atoms with Crippen molar-refractivity contribution < 1.29 is 4.79 Å². The second-order valence-electron chi connectivity index (χ2n) is 7.10. The number of nitrogens with zero attached hydrogens (tertiary/aromatic N) is 1. The zero-order valence-electron chi connectivity index (χ0n) is 14.6. The Morgan fingerprint density at radius 1 is 0.800 bits per heavy atom. The SMILES string of the molecule is CC1(C)C(=O)N(Cc2cccc(-c3ccccc3)c2)c2ccccc21. The van der Waals surface area contributed by atoms with Crippen molar-refractivity contribution >= 4 is 11.6 Å². The van der Waals surface area contributed by atoms with Crippen LogP contribution in [0, 0.1) is 0 Å². The molecule has 3 aromatic rings. The first-order chi connectivity index (χ1) is 12.1. The summed E-state index contributed by atoms with van der Waals surface area (Å²) in [6.45, 7) is 4.61. The van der Waals surface area contributed by atoms with Crippen LogP contribution >= 0.6 is 0 Å². The molecule has 3 aromatic carbocycles. The molecule has 1 aliphatic heterocycles. The second-order valence-corrected chi connectivity index (χ2v) is 7.10. The first kappa shape index (κ1) is 15.6. The van der Waals surface area contributed by atoms with Gasteiger partial charge in [0, 0.05) is 5.69 Å². The average molecular weight is 327 g/mol. The fraction of sp³-hybridized carbons (Fsp3) is 0.174. The number of benzene rings is 3. The molecule has 1 heterocycles. The van der Waals surface area contributed by atoms with E-state index in [2.05, 4.69) is 42.5 Å². The molecule has 0 saturated carbocycles. The minimum atomic E-state index is -0.465. The number of carbonyl (C=O) groups excluding carboxylic acids is 1. The number of fused-ring (bicyclic) bond motifs is 1. The summed E-state index contributed by atoms with van der Waals surface area (Å²) in [6.07, 6.45) is 0. The summed E-state index contributed by atoms with van der Waals surface area (Å²) in [7, 11) is 0. The van der Waals surface area contributed by atoms with Gasteiger partial charge in [0.1, 0.15) is 0 Å². The van der Waals surface area contributed by atoms with Gasteiger partial charge in [-0.1, -0.05) is 66.7 Å². The molecule has 0 spiro atoms. The van der Waals surface area contributed by atoms with Crippen LogP contribution in [0.3, 0.4) is 0 Å². The number of carbonyl (C=O) groups is 1. The molecular formula is C23H21NO. The first-order valence-corrected chi connectivity index (χ1v) is 8.63. The van der Waals surface area contributed by atoms with Gasteiger partial charge in [0.25, 0.3) is 0 Å². The third-order valence-corrected chi connectivity index (χ3v) is 5.02. The summed E-state index contributed by atoms with van der Waals surface area (Å²) in [5.74, 6) is 0.166. The smallest absolute Gasteiger partial charge is 0.237 e. The van der Waals surface area contributed by atoms with Crippen molar-refractivity contribution in [2.24, 2.45) is 0 Å². The Hall–Kier alpha value is -2.87. The van der Waals surface area contributed by atoms with E-state index < -0.39 is 5.41 Å². The van der Waals surface area contributed by atoms with Crippen molar-refractivity contribution in [3.05, 3.63) is 90.0 Å². The molecular weight excluding hydrogens is 306 g/mol. The molecule has 1 amide bonds. The van der Waals surface area contributed by atoms with Crippen molar-refractivity contribution in [3.63, 3.8) is 0 Å². The van der Waals surface area contributed by atoms with Crippen LogP contribution < -0.4 is 4.90 Å². The first-order valence-electron chi connectivity index (χ1n) is 8.63. The Kier molecular flexibility index (Phi) is 3.69. The molecule has 0 aromatic heterocycles. The predicted octanol–water partition coefficient (Wildman–Crippen LogP) is 5.18. The Labute approximate surface area is 148 Å². The normalized spacial score (nSPS) is 15.3. The number of hydrogen-bond donors (Lipinski definition) is 0. The van der Waals surface area contributed by atoms with Gasteiger partial charge in [0.05, 0.1) is 12.0 Å². The largest absolute Gasteiger partial charge is 0.307 e. The Bertz CT molecular complexity index is 928. The molecule has 0 N–H and O–H groups in total. The van der Waals surface area contributed by atoms with Gasteiger partial charge in [-0.25, -0.2) is 0 Å². The summed E-state index contributed by atoms with van der Waals surface area (Å²) >= 11 is 0. The Balaban J connectivity index is 1.69. The Morgan fingerprint density at radius 3 is 2.28 bits per heavy atom. The number of amides is 1. The highest BCUT2D eigenvalue weighted by molar-refractivity contribution is 6.07. The van der Waals surface area contributed by atoms with Crippen molar-refractivity contribution in [3.8, 4) is 11.1 Å². The van der Waals surface area contributed by atoms with Crippen molar-refractivity contribution in [1.82, 2.24) is 0 Å². The third-order valence-electron chi connectivity index (χ3n) is 5.02. The van der Waals surface area contributed by atoms with E-state index in [4.69, 9.17) is 0 Å². The van der Waals surface area contributed by atoms with Crippen LogP contribution in [0.2, 0.25) is 0 Å². The van der Waals surface area contributed by atoms with E-state index in [1.54, 1.807) is 0 Å². The highest BCUT2D eigenvalue weighted by Gasteiger charge is 2.43. The quantitative estimate of drug-likeness (QED) is 0.649. The standard InChI is InChI=1S/C23H21NO/c1-23(2)20-13-6-7-14-21(20)24(22(23)25)16-17-9-8-12-19(15-17)18-10-4-3-5-11-18/h3-15H,16H2,1-2H3. The average Bonchev–Trinajstić information content (AvgIpc) is 2.84. The van der Waals surface area contributed by atoms with Crippen LogP contribution in [0.25, 0.3) is 11.1 Å². The minimum absolute atomic E-state index is 0.166. The van der Waals surface area contributed by atoms with Gasteiger partial charge in [-0.2, -0.15) is 0 Å². The topological polar surface area (TPSA) is 20.3 Å². The molecule has 2 nitrogen and oxygen atoms in total. The monoisotopic (exact) mass is 327 g/mol. The molecule has 0 aliphatic carbocycles. The summed E-state index contributed by atoms with van der Waals surface area (Å²) in [6, 6.07) is 26.9. The summed E-state index contributed by atoms with van der Waals surface area (Å²) in [4.78, 5) is 14.9. The summed E-state index contributed by atoms with van der Waals surface area (Å²) < 4.78 is 0. The fourth-order valence-electron chi connectivity index (χ4n) is 3.62. The molecule has 0 unspecified atom stereocenters. The molecule has 1 aliphatic rings. The zero-order chi connectivity index (χ0) is 17.4. The molecule has 0 fully saturated rings. The number of hydrogen-bond acceptors (Lipinski definition) is 1. The van der Waals surface area contributed by atoms with Crippen molar-refractivity contribution in [1.29, 1.82) is 0 Å². The van der Waals surface area contributed by atoms with Crippen LogP contribution in [-0.4, -0.2) is 5.91 Å². The lowest BCUT2D eigenvalue weighted by Crippen LogP contribution is -2.35. The molecule has 4 rings (SSSR count). The minimum Gasteiger partial charge on any atom is -0.307 e. The maximum absolute atomic E-state index is 13.0. The lowest BCUT2D eigenvalue weighted by molar-refractivity contribution is -0.122. The maximum atomic E-state index is 13.0. The molecule has 124 valence electrons. The van der Waals surface area contributed by atoms with Crippen LogP contribution in [0.5, 0.6) is 0 Å². The molecule has 0 atom stereocenters. The number of rotatable bonds is 3. The summed E-state index contributed by atoms with van der Waals surface area (Å²) in [5.41, 5.74) is 5.19. The Morgan fingerprint density at radius 2 is 1.48 bits per heavy atom. The van der Waals surface area contributed by atoms with Crippen LogP contribution in [-0.2, 0) is 16.8 Å². The fourth-order valence-corrected chi connectivity index (χ4v) is 3.62. The third kappa shape index (κ3) is 2.64. The van der Waals surface area contributed by atoms with Crippen molar-refractivity contribution in [2.45, 2.75) is 25.8 Å². The number of para-hydroxylation sites is 1. The highest BCUT2D eigenvalue weighted by Crippen LogP contribution is 2.42. The van der Waals surface area contributed by atoms with Gasteiger partial charge in [0.15, 0.2) is 0 Å². The molecule has 0 saturated heterocycles. The molecule has 0 bridgehead atoms. The molecule has 25 heavy (non-hydrogen) atoms. The maximum Gasteiger partial charge on any atom is 0.237 e. The predicted molar refractivity (Wildman–Crippen MR) is 103 cm³/mol. The van der Waals surface area contributed by atoms with Gasteiger partial charge in [0.2, 0.25) is 5.91 Å². The molecule has 0 radical (unpaired) electrons. The van der Waals surface area contributed by atoms with Crippen LogP contribution in [0.15, 0.2) is 78.9 Å². The van der Waals surface area contributed by atoms with E-state index in [9.17, 15) is 4.79 Å². The molecule has 2 heteroatoms. The second kappa shape index (κ2) is 5.89. The van der Waals surface area contributed by atoms with Gasteiger partial charge in [-0.3, -0.25) is 4.79 Å². The lowest BCUT2D eigenvalue weighted by atomic mass is 9.86. The zero-order valence-corrected chi connectivity index (χ0v) is 14.6. The van der Waals surface area contributed by atoms with Crippen LogP contribution in [0.4, 0.5) is 5.69 Å². The van der Waals surface area contributed by atoms with E-state index in [1.165, 1.54) is 11.1 Å². The van der Waals surface area contributed by atoms with E-state index in [0.29, 0.717) is 6.54 Å². The van der Waals surface area contributed by atoms with E-state index in [-0.39, 0.29) is 5.91 Å². The van der Waals surface area contributed by atoms with Crippen molar-refractivity contribution in [2.75, 3.05) is 4.90 Å². The van der Waals surface area contributed by atoms with E-state index in [1.807, 2.05) is 55.1 Å².